The number of nitrogens with one attached hydrogen (secondary N) is 3. The molecule has 30 heavy (non-hydrogen) atoms. The lowest BCUT2D eigenvalue weighted by Crippen LogP contribution is -2.44. The minimum atomic E-state index is -4.75. The van der Waals surface area contributed by atoms with Gasteiger partial charge in [0.1, 0.15) is 5.75 Å². The molecule has 0 unspecified atom stereocenters. The average molecular weight is 418 g/mol. The summed E-state index contributed by atoms with van der Waals surface area (Å²) in [6.07, 6.45) is -1.78. The summed E-state index contributed by atoms with van der Waals surface area (Å²) in [7, 11) is 0. The number of aliphatic imine (C=N–C) groups is 1. The first-order valence-electron chi connectivity index (χ1n) is 9.75. The number of carbonyl (C=O) groups is 1. The Hall–Kier alpha value is -3.23. The topological polar surface area (TPSA) is 74.8 Å². The van der Waals surface area contributed by atoms with Crippen LogP contribution >= 0.6 is 0 Å². The van der Waals surface area contributed by atoms with Gasteiger partial charge in [0.2, 0.25) is 0 Å². The van der Waals surface area contributed by atoms with Crippen molar-refractivity contribution in [3.05, 3.63) is 53.6 Å². The van der Waals surface area contributed by atoms with Crippen molar-refractivity contribution in [2.24, 2.45) is 4.99 Å². The number of amides is 1. The average Bonchev–Trinajstić information content (AvgIpc) is 3.53. The second kappa shape index (κ2) is 8.25. The van der Waals surface area contributed by atoms with E-state index in [0.29, 0.717) is 23.1 Å². The van der Waals surface area contributed by atoms with Crippen LogP contribution in [0.3, 0.4) is 0 Å². The normalized spacial score (nSPS) is 16.3. The zero-order valence-electron chi connectivity index (χ0n) is 16.1. The predicted molar refractivity (Wildman–Crippen MR) is 107 cm³/mol. The molecule has 6 nitrogen and oxygen atoms in total. The molecule has 158 valence electrons. The molecule has 1 saturated carbocycles. The minimum Gasteiger partial charge on any atom is -0.406 e. The van der Waals surface area contributed by atoms with Gasteiger partial charge in [-0.05, 0) is 61.1 Å². The van der Waals surface area contributed by atoms with Crippen LogP contribution in [0, 0.1) is 0 Å². The van der Waals surface area contributed by atoms with Crippen molar-refractivity contribution in [2.45, 2.75) is 31.5 Å². The lowest BCUT2D eigenvalue weighted by atomic mass is 10.0. The Morgan fingerprint density at radius 1 is 1.10 bits per heavy atom. The van der Waals surface area contributed by atoms with Gasteiger partial charge in [-0.1, -0.05) is 6.07 Å². The molecule has 2 fully saturated rings. The number of hydrogen-bond acceptors (Lipinski definition) is 3. The molecule has 0 radical (unpaired) electrons. The molecule has 0 bridgehead atoms. The smallest absolute Gasteiger partial charge is 0.406 e. The lowest BCUT2D eigenvalue weighted by molar-refractivity contribution is -0.274. The Bertz CT molecular complexity index is 963. The lowest BCUT2D eigenvalue weighted by Gasteiger charge is -2.17. The van der Waals surface area contributed by atoms with Gasteiger partial charge in [0, 0.05) is 36.1 Å². The van der Waals surface area contributed by atoms with Gasteiger partial charge in [-0.25, -0.2) is 0 Å². The second-order valence-electron chi connectivity index (χ2n) is 7.25. The van der Waals surface area contributed by atoms with Gasteiger partial charge in [0.25, 0.3) is 5.91 Å². The fraction of sp³-hybridized carbons (Fsp3) is 0.333. The molecule has 9 heteroatoms. The molecule has 0 spiro atoms. The van der Waals surface area contributed by atoms with Crippen LogP contribution in [0.4, 0.5) is 24.5 Å². The highest BCUT2D eigenvalue weighted by atomic mass is 19.4. The number of hydrogen-bond donors (Lipinski definition) is 3. The number of ether oxygens (including phenoxy) is 1. The van der Waals surface area contributed by atoms with Crippen LogP contribution in [0.25, 0.3) is 0 Å². The van der Waals surface area contributed by atoms with E-state index >= 15 is 0 Å². The number of rotatable bonds is 5. The van der Waals surface area contributed by atoms with E-state index in [1.165, 1.54) is 18.2 Å². The molecule has 1 amide bonds. The van der Waals surface area contributed by atoms with Gasteiger partial charge in [-0.15, -0.1) is 13.2 Å². The van der Waals surface area contributed by atoms with E-state index in [2.05, 4.69) is 25.7 Å². The predicted octanol–water partition coefficient (Wildman–Crippen LogP) is 4.29. The molecule has 1 aliphatic heterocycles. The maximum Gasteiger partial charge on any atom is 0.573 e. The van der Waals surface area contributed by atoms with Gasteiger partial charge >= 0.3 is 6.36 Å². The standard InChI is InChI=1S/C21H21F3N4O2/c22-21(23,24)30-16-4-1-3-15(12-16)27-18-8-7-14(11-17(18)13-5-6-13)19(29)28-20-25-9-2-10-26-20/h1,3-4,7-8,11-13,27H,2,5-6,9-10H2,(H2,25,26,28,29). The summed E-state index contributed by atoms with van der Waals surface area (Å²) in [5.74, 6) is 0.146. The monoisotopic (exact) mass is 418 g/mol. The van der Waals surface area contributed by atoms with Crippen LogP contribution in [0.2, 0.25) is 0 Å². The first-order valence-corrected chi connectivity index (χ1v) is 9.75. The Kier molecular flexibility index (Phi) is 5.52. The van der Waals surface area contributed by atoms with Gasteiger partial charge < -0.3 is 20.7 Å². The van der Waals surface area contributed by atoms with Gasteiger partial charge in [-0.2, -0.15) is 4.99 Å². The Labute approximate surface area is 171 Å². The van der Waals surface area contributed by atoms with Crippen molar-refractivity contribution in [3.63, 3.8) is 0 Å². The Balaban J connectivity index is 1.54. The van der Waals surface area contributed by atoms with Crippen LogP contribution in [0.5, 0.6) is 5.75 Å². The minimum absolute atomic E-state index is 0.296. The Morgan fingerprint density at radius 2 is 1.87 bits per heavy atom. The third-order valence-corrected chi connectivity index (χ3v) is 4.81. The van der Waals surface area contributed by atoms with E-state index < -0.39 is 6.36 Å². The van der Waals surface area contributed by atoms with Crippen molar-refractivity contribution in [1.29, 1.82) is 0 Å². The number of halogens is 3. The molecule has 2 aromatic rings. The summed E-state index contributed by atoms with van der Waals surface area (Å²) in [4.78, 5) is 16.6. The van der Waals surface area contributed by atoms with Gasteiger partial charge in [-0.3, -0.25) is 4.79 Å². The summed E-state index contributed by atoms with van der Waals surface area (Å²) in [5, 5.41) is 9.25. The maximum atomic E-state index is 12.5. The van der Waals surface area contributed by atoms with Crippen molar-refractivity contribution in [3.8, 4) is 5.75 Å². The van der Waals surface area contributed by atoms with Crippen LogP contribution in [-0.4, -0.2) is 31.3 Å². The number of nitrogens with zero attached hydrogens (tertiary/aromatic N) is 1. The van der Waals surface area contributed by atoms with Gasteiger partial charge in [0.05, 0.1) is 0 Å². The van der Waals surface area contributed by atoms with E-state index in [-0.39, 0.29) is 11.7 Å². The van der Waals surface area contributed by atoms with Crippen LogP contribution in [-0.2, 0) is 0 Å². The molecular formula is C21H21F3N4O2. The number of guanidine groups is 1. The van der Waals surface area contributed by atoms with Crippen LogP contribution in [0.15, 0.2) is 47.5 Å². The summed E-state index contributed by atoms with van der Waals surface area (Å²) >= 11 is 0. The zero-order chi connectivity index (χ0) is 21.1. The summed E-state index contributed by atoms with van der Waals surface area (Å²) in [6.45, 7) is 1.54. The van der Waals surface area contributed by atoms with E-state index in [4.69, 9.17) is 0 Å². The quantitative estimate of drug-likeness (QED) is 0.676. The number of anilines is 2. The second-order valence-corrected chi connectivity index (χ2v) is 7.25. The first-order chi connectivity index (χ1) is 14.4. The molecule has 3 N–H and O–H groups in total. The van der Waals surface area contributed by atoms with Crippen molar-refractivity contribution in [1.82, 2.24) is 10.6 Å². The number of carbonyl (C=O) groups excluding carboxylic acids is 1. The molecule has 0 aromatic heterocycles. The summed E-state index contributed by atoms with van der Waals surface area (Å²) in [6, 6.07) is 10.9. The van der Waals surface area contributed by atoms with E-state index in [1.807, 2.05) is 6.07 Å². The van der Waals surface area contributed by atoms with Crippen molar-refractivity contribution in [2.75, 3.05) is 18.4 Å². The molecule has 2 aromatic carbocycles. The van der Waals surface area contributed by atoms with E-state index in [9.17, 15) is 18.0 Å². The molecule has 4 rings (SSSR count). The summed E-state index contributed by atoms with van der Waals surface area (Å²) < 4.78 is 41.4. The molecule has 0 atom stereocenters. The van der Waals surface area contributed by atoms with E-state index in [0.717, 1.165) is 43.6 Å². The van der Waals surface area contributed by atoms with E-state index in [1.54, 1.807) is 18.2 Å². The summed E-state index contributed by atoms with van der Waals surface area (Å²) in [5.41, 5.74) is 2.64. The molecule has 1 heterocycles. The fourth-order valence-corrected chi connectivity index (χ4v) is 3.28. The molecule has 2 aliphatic rings. The van der Waals surface area contributed by atoms with Crippen LogP contribution in [0.1, 0.15) is 41.1 Å². The first kappa shape index (κ1) is 20.1. The SMILES string of the molecule is O=C(N=C1NCCCN1)c1ccc(Nc2cccc(OC(F)(F)F)c2)c(C2CC2)c1. The number of alkyl halides is 3. The zero-order valence-corrected chi connectivity index (χ0v) is 16.1. The third-order valence-electron chi connectivity index (χ3n) is 4.81. The third kappa shape index (κ3) is 5.22. The van der Waals surface area contributed by atoms with Crippen molar-refractivity contribution < 1.29 is 22.7 Å². The molecular weight excluding hydrogens is 397 g/mol. The van der Waals surface area contributed by atoms with Crippen LogP contribution < -0.4 is 20.7 Å². The highest BCUT2D eigenvalue weighted by Crippen LogP contribution is 2.44. The number of benzene rings is 2. The fourth-order valence-electron chi connectivity index (χ4n) is 3.28. The van der Waals surface area contributed by atoms with Gasteiger partial charge in [0.15, 0.2) is 5.96 Å². The maximum absolute atomic E-state index is 12.5. The Morgan fingerprint density at radius 3 is 2.57 bits per heavy atom. The highest BCUT2D eigenvalue weighted by Gasteiger charge is 2.31. The molecule has 1 aliphatic carbocycles. The molecule has 1 saturated heterocycles. The highest BCUT2D eigenvalue weighted by molar-refractivity contribution is 6.03. The van der Waals surface area contributed by atoms with Crippen molar-refractivity contribution >= 4 is 23.2 Å². The largest absolute Gasteiger partial charge is 0.573 e.